The molecular formula is C45H64O6. The van der Waals surface area contributed by atoms with Crippen LogP contribution in [0.5, 0.6) is 11.5 Å². The van der Waals surface area contributed by atoms with E-state index >= 15 is 0 Å². The Morgan fingerprint density at radius 2 is 1.06 bits per heavy atom. The number of allylic oxidation sites excluding steroid dienone is 2. The number of carbonyl (C=O) groups is 2. The lowest BCUT2D eigenvalue weighted by atomic mass is 9.79. The first-order chi connectivity index (χ1) is 24.9. The number of ether oxygens (including phenoxy) is 4. The van der Waals surface area contributed by atoms with Gasteiger partial charge in [0.25, 0.3) is 0 Å². The van der Waals surface area contributed by atoms with E-state index in [-0.39, 0.29) is 6.61 Å². The molecule has 2 saturated carbocycles. The number of carbonyl (C=O) groups excluding carboxylic acids is 2. The molecule has 2 aliphatic carbocycles. The summed E-state index contributed by atoms with van der Waals surface area (Å²) in [5.74, 6) is 3.62. The van der Waals surface area contributed by atoms with Gasteiger partial charge >= 0.3 is 11.9 Å². The van der Waals surface area contributed by atoms with E-state index in [1.165, 1.54) is 103 Å². The highest BCUT2D eigenvalue weighted by molar-refractivity contribution is 5.90. The lowest BCUT2D eigenvalue weighted by Crippen LogP contribution is -2.22. The molecule has 2 aromatic rings. The van der Waals surface area contributed by atoms with Crippen molar-refractivity contribution in [1.82, 2.24) is 0 Å². The molecule has 2 fully saturated rings. The average Bonchev–Trinajstić information content (AvgIpc) is 3.16. The second kappa shape index (κ2) is 23.1. The van der Waals surface area contributed by atoms with Crippen molar-refractivity contribution in [2.75, 3.05) is 19.8 Å². The van der Waals surface area contributed by atoms with Gasteiger partial charge in [-0.3, -0.25) is 0 Å². The van der Waals surface area contributed by atoms with Crippen molar-refractivity contribution in [2.24, 2.45) is 23.7 Å². The molecule has 2 aromatic carbocycles. The summed E-state index contributed by atoms with van der Waals surface area (Å²) in [5.41, 5.74) is 0.838. The predicted octanol–water partition coefficient (Wildman–Crippen LogP) is 11.7. The maximum atomic E-state index is 12.7. The van der Waals surface area contributed by atoms with Gasteiger partial charge in [-0.05, 0) is 130 Å². The molecule has 0 spiro atoms. The zero-order valence-electron chi connectivity index (χ0n) is 31.7. The summed E-state index contributed by atoms with van der Waals surface area (Å²) in [6, 6.07) is 13.9. The van der Waals surface area contributed by atoms with Crippen LogP contribution in [-0.2, 0) is 9.47 Å². The number of esters is 2. The Labute approximate surface area is 308 Å². The molecule has 2 aliphatic rings. The van der Waals surface area contributed by atoms with Crippen LogP contribution in [0.3, 0.4) is 0 Å². The first kappa shape index (κ1) is 40.2. The molecule has 0 amide bonds. The smallest absolute Gasteiger partial charge is 0.338 e. The average molecular weight is 701 g/mol. The van der Waals surface area contributed by atoms with E-state index < -0.39 is 18.0 Å². The van der Waals surface area contributed by atoms with E-state index in [2.05, 4.69) is 38.2 Å². The predicted molar refractivity (Wildman–Crippen MR) is 206 cm³/mol. The Balaban J connectivity index is 1.07. The molecule has 0 radical (unpaired) electrons. The minimum Gasteiger partial charge on any atom is -0.490 e. The number of unbranched alkanes of at least 4 members (excludes halogenated alkanes) is 4. The third-order valence-corrected chi connectivity index (χ3v) is 10.7. The van der Waals surface area contributed by atoms with Crippen LogP contribution in [0.25, 0.3) is 0 Å². The molecule has 4 rings (SSSR count). The Morgan fingerprint density at radius 1 is 0.627 bits per heavy atom. The van der Waals surface area contributed by atoms with Crippen LogP contribution in [0.15, 0.2) is 72.8 Å². The summed E-state index contributed by atoms with van der Waals surface area (Å²) in [6.45, 7) is 7.23. The second-order valence-electron chi connectivity index (χ2n) is 14.9. The largest absolute Gasteiger partial charge is 0.490 e. The maximum Gasteiger partial charge on any atom is 0.338 e. The number of benzene rings is 2. The van der Waals surface area contributed by atoms with Crippen molar-refractivity contribution in [3.8, 4) is 11.5 Å². The fourth-order valence-corrected chi connectivity index (χ4v) is 7.43. The first-order valence-electron chi connectivity index (χ1n) is 20.1. The molecule has 280 valence electrons. The van der Waals surface area contributed by atoms with Crippen molar-refractivity contribution >= 4 is 11.9 Å². The highest BCUT2D eigenvalue weighted by Gasteiger charge is 2.20. The van der Waals surface area contributed by atoms with Crippen molar-refractivity contribution in [2.45, 2.75) is 130 Å². The van der Waals surface area contributed by atoms with Crippen LogP contribution in [0.1, 0.15) is 144 Å². The Hall–Kier alpha value is -3.54. The third-order valence-electron chi connectivity index (χ3n) is 10.7. The van der Waals surface area contributed by atoms with Gasteiger partial charge in [-0.15, -0.1) is 0 Å². The SMILES string of the molecule is CCCCCC1CCC(C=CCOc2ccc(C(=O)OC[C@@H](C)OC(=O)c3ccc(OCC=CC4CCC(CCCCC)CC4)cc3)cc2)CC1. The molecule has 6 nitrogen and oxygen atoms in total. The van der Waals surface area contributed by atoms with Crippen LogP contribution in [0.4, 0.5) is 0 Å². The molecule has 51 heavy (non-hydrogen) atoms. The fourth-order valence-electron chi connectivity index (χ4n) is 7.43. The van der Waals surface area contributed by atoms with Crippen LogP contribution < -0.4 is 9.47 Å². The lowest BCUT2D eigenvalue weighted by Gasteiger charge is -2.26. The molecule has 0 bridgehead atoms. The Bertz CT molecular complexity index is 1310. The zero-order valence-corrected chi connectivity index (χ0v) is 31.7. The van der Waals surface area contributed by atoms with Crippen LogP contribution in [-0.4, -0.2) is 37.9 Å². The Morgan fingerprint density at radius 3 is 1.49 bits per heavy atom. The van der Waals surface area contributed by atoms with Gasteiger partial charge in [0.1, 0.15) is 37.4 Å². The van der Waals surface area contributed by atoms with E-state index in [1.54, 1.807) is 55.5 Å². The number of hydrogen-bond donors (Lipinski definition) is 0. The maximum absolute atomic E-state index is 12.7. The van der Waals surface area contributed by atoms with Crippen molar-refractivity contribution in [3.05, 3.63) is 84.0 Å². The monoisotopic (exact) mass is 700 g/mol. The van der Waals surface area contributed by atoms with Gasteiger partial charge in [0.2, 0.25) is 0 Å². The molecule has 0 saturated heterocycles. The van der Waals surface area contributed by atoms with E-state index in [0.717, 1.165) is 11.8 Å². The molecule has 0 aliphatic heterocycles. The lowest BCUT2D eigenvalue weighted by molar-refractivity contribution is 0.00447. The van der Waals surface area contributed by atoms with E-state index in [4.69, 9.17) is 18.9 Å². The third kappa shape index (κ3) is 15.3. The summed E-state index contributed by atoms with van der Waals surface area (Å²) in [5, 5.41) is 0. The molecule has 6 heteroatoms. The normalized spacial score (nSPS) is 21.4. The van der Waals surface area contributed by atoms with Crippen LogP contribution in [0.2, 0.25) is 0 Å². The van der Waals surface area contributed by atoms with Gasteiger partial charge in [0.15, 0.2) is 0 Å². The molecular weight excluding hydrogens is 636 g/mol. The highest BCUT2D eigenvalue weighted by Crippen LogP contribution is 2.34. The molecule has 0 aromatic heterocycles. The van der Waals surface area contributed by atoms with Crippen molar-refractivity contribution < 1.29 is 28.5 Å². The van der Waals surface area contributed by atoms with Gasteiger partial charge in [-0.2, -0.15) is 0 Å². The highest BCUT2D eigenvalue weighted by atomic mass is 16.6. The van der Waals surface area contributed by atoms with Crippen molar-refractivity contribution in [3.63, 3.8) is 0 Å². The molecule has 0 heterocycles. The fraction of sp³-hybridized carbons (Fsp3) is 0.600. The van der Waals surface area contributed by atoms with Gasteiger partial charge in [0, 0.05) is 0 Å². The number of rotatable bonds is 21. The first-order valence-corrected chi connectivity index (χ1v) is 20.1. The molecule has 0 N–H and O–H groups in total. The molecule has 0 unspecified atom stereocenters. The van der Waals surface area contributed by atoms with Crippen LogP contribution in [0, 0.1) is 23.7 Å². The summed E-state index contributed by atoms with van der Waals surface area (Å²) >= 11 is 0. The van der Waals surface area contributed by atoms with E-state index in [9.17, 15) is 9.59 Å². The topological polar surface area (TPSA) is 71.1 Å². The second-order valence-corrected chi connectivity index (χ2v) is 14.9. The Kier molecular flexibility index (Phi) is 18.2. The quantitative estimate of drug-likeness (QED) is 0.0733. The van der Waals surface area contributed by atoms with Gasteiger partial charge in [-0.1, -0.05) is 89.5 Å². The standard InChI is InChI=1S/C45H64O6/c1-4-6-8-12-36-16-20-38(21-17-36)14-10-32-48-42-28-24-40(25-29-42)44(46)50-34-35(3)51-45(47)41-26-30-43(31-27-41)49-33-11-15-39-22-18-37(19-23-39)13-9-7-5-2/h10-11,14-15,24-31,35-39H,4-9,12-13,16-23,32-34H2,1-3H3/t35-,36?,37?,38?,39?/m1/s1. The van der Waals surface area contributed by atoms with E-state index in [0.29, 0.717) is 47.7 Å². The van der Waals surface area contributed by atoms with Gasteiger partial charge in [-0.25, -0.2) is 9.59 Å². The summed E-state index contributed by atoms with van der Waals surface area (Å²) in [4.78, 5) is 25.3. The molecule has 1 atom stereocenters. The van der Waals surface area contributed by atoms with Crippen molar-refractivity contribution in [1.29, 1.82) is 0 Å². The summed E-state index contributed by atoms with van der Waals surface area (Å²) in [6.07, 6.45) is 29.7. The summed E-state index contributed by atoms with van der Waals surface area (Å²) < 4.78 is 22.7. The summed E-state index contributed by atoms with van der Waals surface area (Å²) in [7, 11) is 0. The number of hydrogen-bond acceptors (Lipinski definition) is 6. The minimum absolute atomic E-state index is 0.0394. The van der Waals surface area contributed by atoms with Gasteiger partial charge < -0.3 is 18.9 Å². The minimum atomic E-state index is -0.598. The zero-order chi connectivity index (χ0) is 36.1. The van der Waals surface area contributed by atoms with E-state index in [1.807, 2.05) is 0 Å². The van der Waals surface area contributed by atoms with Gasteiger partial charge in [0.05, 0.1) is 11.1 Å². The van der Waals surface area contributed by atoms with Crippen LogP contribution >= 0.6 is 0 Å².